The van der Waals surface area contributed by atoms with E-state index in [-0.39, 0.29) is 36.6 Å². The fraction of sp³-hybridized carbons (Fsp3) is 0.368. The molecule has 3 rings (SSSR count). The van der Waals surface area contributed by atoms with Crippen LogP contribution in [0.3, 0.4) is 0 Å². The molecule has 1 heterocycles. The summed E-state index contributed by atoms with van der Waals surface area (Å²) in [6.07, 6.45) is 4.64. The number of halogens is 2. The minimum atomic E-state index is 0. The lowest BCUT2D eigenvalue weighted by molar-refractivity contribution is -0.120. The summed E-state index contributed by atoms with van der Waals surface area (Å²) in [5.74, 6) is 1.58. The number of anilines is 1. The molecular weight excluding hydrogens is 373 g/mol. The summed E-state index contributed by atoms with van der Waals surface area (Å²) >= 11 is 0. The Morgan fingerprint density at radius 2 is 1.92 bits per heavy atom. The van der Waals surface area contributed by atoms with E-state index in [0.717, 1.165) is 25.0 Å². The Morgan fingerprint density at radius 1 is 1.19 bits per heavy atom. The Bertz CT molecular complexity index is 693. The molecule has 2 aromatic rings. The Balaban J connectivity index is 0.00000169. The number of rotatable bonds is 5. The molecule has 1 aromatic carbocycles. The maximum Gasteiger partial charge on any atom is 0.227 e. The number of nitrogens with one attached hydrogen (secondary N) is 1. The van der Waals surface area contributed by atoms with Crippen LogP contribution in [0.5, 0.6) is 11.6 Å². The van der Waals surface area contributed by atoms with E-state index in [4.69, 9.17) is 10.5 Å². The normalized spacial score (nSPS) is 18.4. The van der Waals surface area contributed by atoms with Crippen molar-refractivity contribution in [3.8, 4) is 11.6 Å². The third-order valence-corrected chi connectivity index (χ3v) is 4.55. The molecule has 26 heavy (non-hydrogen) atoms. The average Bonchev–Trinajstić information content (AvgIpc) is 3.07. The predicted molar refractivity (Wildman–Crippen MR) is 109 cm³/mol. The second-order valence-electron chi connectivity index (χ2n) is 6.32. The summed E-state index contributed by atoms with van der Waals surface area (Å²) in [5.41, 5.74) is 7.61. The molecule has 0 spiro atoms. The van der Waals surface area contributed by atoms with Gasteiger partial charge in [0.15, 0.2) is 0 Å². The third-order valence-electron chi connectivity index (χ3n) is 4.55. The molecule has 1 fully saturated rings. The molecule has 0 radical (unpaired) electrons. The van der Waals surface area contributed by atoms with Crippen molar-refractivity contribution in [2.75, 3.05) is 11.9 Å². The zero-order chi connectivity index (χ0) is 16.9. The van der Waals surface area contributed by atoms with Gasteiger partial charge in [0, 0.05) is 12.0 Å². The topological polar surface area (TPSA) is 77.2 Å². The van der Waals surface area contributed by atoms with Gasteiger partial charge in [0.1, 0.15) is 5.75 Å². The lowest BCUT2D eigenvalue weighted by Gasteiger charge is -2.17. The fourth-order valence-corrected chi connectivity index (χ4v) is 3.14. The predicted octanol–water partition coefficient (Wildman–Crippen LogP) is 4.34. The molecule has 1 amide bonds. The average molecular weight is 398 g/mol. The molecule has 0 saturated heterocycles. The highest BCUT2D eigenvalue weighted by molar-refractivity contribution is 5.92. The van der Waals surface area contributed by atoms with Crippen LogP contribution in [0.4, 0.5) is 5.69 Å². The van der Waals surface area contributed by atoms with Crippen molar-refractivity contribution in [1.29, 1.82) is 0 Å². The number of ether oxygens (including phenoxy) is 1. The van der Waals surface area contributed by atoms with E-state index in [2.05, 4.69) is 10.3 Å². The number of hydrogen-bond donors (Lipinski definition) is 2. The highest BCUT2D eigenvalue weighted by Crippen LogP contribution is 2.32. The molecule has 7 heteroatoms. The standard InChI is InChI=1S/C19H23N3O2.2ClH/c1-13-5-8-16(9-6-13)24-18-10-7-15(12-21-18)22-19(23)17-4-2-3-14(17)11-20;;/h5-10,12,14,17H,2-4,11,20H2,1H3,(H,22,23);2*1H/t14-,17-;;/m1../s1. The number of aryl methyl sites for hydroxylation is 1. The SMILES string of the molecule is Cc1ccc(Oc2ccc(NC(=O)[C@@H]3CCC[C@@H]3CN)cn2)cc1.Cl.Cl. The summed E-state index contributed by atoms with van der Waals surface area (Å²) < 4.78 is 5.69. The van der Waals surface area contributed by atoms with Gasteiger partial charge in [0.25, 0.3) is 0 Å². The highest BCUT2D eigenvalue weighted by Gasteiger charge is 2.31. The summed E-state index contributed by atoms with van der Waals surface area (Å²) in [4.78, 5) is 16.6. The smallest absolute Gasteiger partial charge is 0.227 e. The second-order valence-corrected chi connectivity index (χ2v) is 6.32. The first kappa shape index (κ1) is 22.2. The Labute approximate surface area is 166 Å². The van der Waals surface area contributed by atoms with Crippen LogP contribution in [0.2, 0.25) is 0 Å². The molecule has 0 aliphatic heterocycles. The molecule has 3 N–H and O–H groups in total. The third kappa shape index (κ3) is 5.59. The van der Waals surface area contributed by atoms with Gasteiger partial charge in [-0.15, -0.1) is 24.8 Å². The molecule has 1 aliphatic rings. The van der Waals surface area contributed by atoms with Gasteiger partial charge in [0.2, 0.25) is 11.8 Å². The first-order chi connectivity index (χ1) is 11.7. The van der Waals surface area contributed by atoms with Gasteiger partial charge in [-0.05, 0) is 50.4 Å². The van der Waals surface area contributed by atoms with Gasteiger partial charge in [-0.2, -0.15) is 0 Å². The lowest BCUT2D eigenvalue weighted by Crippen LogP contribution is -2.29. The van der Waals surface area contributed by atoms with E-state index in [0.29, 0.717) is 24.0 Å². The molecule has 5 nitrogen and oxygen atoms in total. The van der Waals surface area contributed by atoms with Crippen molar-refractivity contribution in [2.45, 2.75) is 26.2 Å². The quantitative estimate of drug-likeness (QED) is 0.786. The van der Waals surface area contributed by atoms with E-state index >= 15 is 0 Å². The maximum atomic E-state index is 12.4. The molecule has 1 aliphatic carbocycles. The number of carbonyl (C=O) groups excluding carboxylic acids is 1. The highest BCUT2D eigenvalue weighted by atomic mass is 35.5. The van der Waals surface area contributed by atoms with Gasteiger partial charge in [-0.3, -0.25) is 4.79 Å². The van der Waals surface area contributed by atoms with Gasteiger partial charge in [0.05, 0.1) is 11.9 Å². The maximum absolute atomic E-state index is 12.4. The lowest BCUT2D eigenvalue weighted by atomic mass is 9.95. The van der Waals surface area contributed by atoms with Crippen LogP contribution < -0.4 is 15.8 Å². The number of carbonyl (C=O) groups is 1. The number of aromatic nitrogens is 1. The van der Waals surface area contributed by atoms with Crippen LogP contribution in [0.1, 0.15) is 24.8 Å². The number of benzene rings is 1. The summed E-state index contributed by atoms with van der Waals surface area (Å²) in [7, 11) is 0. The van der Waals surface area contributed by atoms with Crippen molar-refractivity contribution >= 4 is 36.4 Å². The minimum Gasteiger partial charge on any atom is -0.439 e. The van der Waals surface area contributed by atoms with Gasteiger partial charge in [-0.1, -0.05) is 24.1 Å². The van der Waals surface area contributed by atoms with Crippen LogP contribution in [0.15, 0.2) is 42.6 Å². The van der Waals surface area contributed by atoms with E-state index < -0.39 is 0 Å². The zero-order valence-electron chi connectivity index (χ0n) is 14.7. The summed E-state index contributed by atoms with van der Waals surface area (Å²) in [6.45, 7) is 2.60. The van der Waals surface area contributed by atoms with Crippen molar-refractivity contribution in [2.24, 2.45) is 17.6 Å². The Kier molecular flexibility index (Phi) is 8.85. The van der Waals surface area contributed by atoms with Crippen molar-refractivity contribution < 1.29 is 9.53 Å². The first-order valence-corrected chi connectivity index (χ1v) is 8.37. The number of amides is 1. The fourth-order valence-electron chi connectivity index (χ4n) is 3.14. The van der Waals surface area contributed by atoms with Crippen LogP contribution in [-0.4, -0.2) is 17.4 Å². The van der Waals surface area contributed by atoms with E-state index in [1.54, 1.807) is 18.3 Å². The van der Waals surface area contributed by atoms with Crippen molar-refractivity contribution in [3.05, 3.63) is 48.2 Å². The van der Waals surface area contributed by atoms with E-state index in [1.807, 2.05) is 31.2 Å². The van der Waals surface area contributed by atoms with Crippen LogP contribution in [0.25, 0.3) is 0 Å². The number of hydrogen-bond acceptors (Lipinski definition) is 4. The Hall–Kier alpha value is -1.82. The second kappa shape index (κ2) is 10.4. The van der Waals surface area contributed by atoms with Gasteiger partial charge < -0.3 is 15.8 Å². The van der Waals surface area contributed by atoms with Gasteiger partial charge in [-0.25, -0.2) is 4.98 Å². The molecular formula is C19H25Cl2N3O2. The Morgan fingerprint density at radius 3 is 2.54 bits per heavy atom. The molecule has 1 aromatic heterocycles. The van der Waals surface area contributed by atoms with E-state index in [1.165, 1.54) is 5.56 Å². The van der Waals surface area contributed by atoms with Crippen molar-refractivity contribution in [1.82, 2.24) is 4.98 Å². The minimum absolute atomic E-state index is 0. The van der Waals surface area contributed by atoms with E-state index in [9.17, 15) is 4.79 Å². The molecule has 1 saturated carbocycles. The number of nitrogens with two attached hydrogens (primary N) is 1. The summed E-state index contributed by atoms with van der Waals surface area (Å²) in [5, 5.41) is 2.93. The monoisotopic (exact) mass is 397 g/mol. The van der Waals surface area contributed by atoms with Crippen LogP contribution in [-0.2, 0) is 4.79 Å². The molecule has 0 unspecified atom stereocenters. The number of pyridine rings is 1. The molecule has 0 bridgehead atoms. The summed E-state index contributed by atoms with van der Waals surface area (Å²) in [6, 6.07) is 11.3. The van der Waals surface area contributed by atoms with Crippen LogP contribution >= 0.6 is 24.8 Å². The first-order valence-electron chi connectivity index (χ1n) is 8.37. The van der Waals surface area contributed by atoms with Crippen LogP contribution in [0, 0.1) is 18.8 Å². The van der Waals surface area contributed by atoms with Gasteiger partial charge >= 0.3 is 0 Å². The van der Waals surface area contributed by atoms with Crippen molar-refractivity contribution in [3.63, 3.8) is 0 Å². The largest absolute Gasteiger partial charge is 0.439 e. The molecule has 2 atom stereocenters. The number of nitrogens with zero attached hydrogens (tertiary/aromatic N) is 1. The molecule has 142 valence electrons. The zero-order valence-corrected chi connectivity index (χ0v) is 16.3.